The second-order valence-corrected chi connectivity index (χ2v) is 8.55. The molecule has 0 spiro atoms. The minimum atomic E-state index is -0.476. The molecule has 9 heteroatoms. The van der Waals surface area contributed by atoms with Crippen LogP contribution in [0.2, 0.25) is 0 Å². The van der Waals surface area contributed by atoms with E-state index in [-0.39, 0.29) is 27.3 Å². The van der Waals surface area contributed by atoms with E-state index in [4.69, 9.17) is 5.73 Å². The summed E-state index contributed by atoms with van der Waals surface area (Å²) < 4.78 is 16.1. The second-order valence-electron chi connectivity index (χ2n) is 6.79. The van der Waals surface area contributed by atoms with E-state index in [0.717, 1.165) is 30.7 Å². The molecule has 1 aliphatic rings. The maximum atomic E-state index is 14.1. The van der Waals surface area contributed by atoms with E-state index in [1.165, 1.54) is 4.57 Å². The monoisotopic (exact) mass is 461 g/mol. The van der Waals surface area contributed by atoms with Crippen molar-refractivity contribution in [3.05, 3.63) is 55.3 Å². The van der Waals surface area contributed by atoms with Crippen molar-refractivity contribution in [1.82, 2.24) is 9.55 Å². The molecule has 2 aromatic heterocycles. The van der Waals surface area contributed by atoms with Crippen molar-refractivity contribution in [3.8, 4) is 6.07 Å². The number of piperidine rings is 1. The van der Waals surface area contributed by atoms with Crippen molar-refractivity contribution in [3.63, 3.8) is 0 Å². The van der Waals surface area contributed by atoms with Crippen LogP contribution in [0, 0.1) is 16.5 Å². The van der Waals surface area contributed by atoms with Crippen LogP contribution in [0.1, 0.15) is 24.0 Å². The fraction of sp³-hybridized carbons (Fsp3) is 0.316. The van der Waals surface area contributed by atoms with Crippen molar-refractivity contribution in [2.75, 3.05) is 18.0 Å². The van der Waals surface area contributed by atoms with E-state index in [2.05, 4.69) is 27.0 Å². The minimum absolute atomic E-state index is 0.0103. The molecule has 0 amide bonds. The summed E-state index contributed by atoms with van der Waals surface area (Å²) in [4.78, 5) is 19.9. The quantitative estimate of drug-likeness (QED) is 0.646. The maximum absolute atomic E-state index is 14.1. The van der Waals surface area contributed by atoms with Gasteiger partial charge < -0.3 is 10.6 Å². The zero-order valence-corrected chi connectivity index (χ0v) is 17.3. The summed E-state index contributed by atoms with van der Waals surface area (Å²) in [6.07, 6.45) is 1.81. The third kappa shape index (κ3) is 3.32. The summed E-state index contributed by atoms with van der Waals surface area (Å²) in [5.74, 6) is 0.457. The molecule has 3 heterocycles. The first-order valence-electron chi connectivity index (χ1n) is 8.86. The Hall–Kier alpha value is -2.28. The third-order valence-electron chi connectivity index (χ3n) is 4.89. The smallest absolute Gasteiger partial charge is 0.273 e. The van der Waals surface area contributed by atoms with Gasteiger partial charge in [0, 0.05) is 19.1 Å². The maximum Gasteiger partial charge on any atom is 0.273 e. The predicted molar refractivity (Wildman–Crippen MR) is 111 cm³/mol. The summed E-state index contributed by atoms with van der Waals surface area (Å²) in [5, 5.41) is 8.92. The molecular weight excluding hydrogens is 445 g/mol. The van der Waals surface area contributed by atoms with E-state index >= 15 is 0 Å². The van der Waals surface area contributed by atoms with Crippen LogP contribution >= 0.6 is 27.3 Å². The Labute approximate surface area is 173 Å². The molecule has 144 valence electrons. The van der Waals surface area contributed by atoms with Crippen LogP contribution in [0.4, 0.5) is 10.3 Å². The van der Waals surface area contributed by atoms with Gasteiger partial charge in [-0.3, -0.25) is 9.36 Å². The SMILES string of the molecule is N#Cc1ccccc1Cn1c(N2CCC[C@@H](N)C2)nc2c(Br)c(F)sc2c1=O. The Morgan fingerprint density at radius 2 is 2.21 bits per heavy atom. The van der Waals surface area contributed by atoms with E-state index in [1.807, 2.05) is 17.0 Å². The molecule has 28 heavy (non-hydrogen) atoms. The fourth-order valence-electron chi connectivity index (χ4n) is 3.51. The highest BCUT2D eigenvalue weighted by Crippen LogP contribution is 2.33. The van der Waals surface area contributed by atoms with Gasteiger partial charge in [-0.05, 0) is 40.4 Å². The summed E-state index contributed by atoms with van der Waals surface area (Å²) in [7, 11) is 0. The van der Waals surface area contributed by atoms with Gasteiger partial charge in [-0.15, -0.1) is 0 Å². The normalized spacial score (nSPS) is 17.1. The molecule has 0 unspecified atom stereocenters. The molecule has 1 fully saturated rings. The third-order valence-corrected chi connectivity index (χ3v) is 6.83. The van der Waals surface area contributed by atoms with Crippen molar-refractivity contribution >= 4 is 43.4 Å². The molecule has 0 radical (unpaired) electrons. The molecule has 1 atom stereocenters. The van der Waals surface area contributed by atoms with E-state index in [9.17, 15) is 14.4 Å². The number of nitrogens with zero attached hydrogens (tertiary/aromatic N) is 4. The van der Waals surface area contributed by atoms with Crippen LogP contribution in [-0.4, -0.2) is 28.7 Å². The van der Waals surface area contributed by atoms with Crippen LogP contribution in [0.25, 0.3) is 10.2 Å². The summed E-state index contributed by atoms with van der Waals surface area (Å²) in [6, 6.07) is 9.28. The van der Waals surface area contributed by atoms with Gasteiger partial charge >= 0.3 is 0 Å². The highest BCUT2D eigenvalue weighted by molar-refractivity contribution is 9.10. The first-order chi connectivity index (χ1) is 13.5. The van der Waals surface area contributed by atoms with Crippen LogP contribution in [0.15, 0.2) is 33.5 Å². The number of thiophene rings is 1. The van der Waals surface area contributed by atoms with Gasteiger partial charge in [0.1, 0.15) is 10.2 Å². The van der Waals surface area contributed by atoms with Crippen LogP contribution in [-0.2, 0) is 6.54 Å². The molecule has 2 N–H and O–H groups in total. The minimum Gasteiger partial charge on any atom is -0.341 e. The first-order valence-corrected chi connectivity index (χ1v) is 10.5. The highest BCUT2D eigenvalue weighted by Gasteiger charge is 2.25. The van der Waals surface area contributed by atoms with Gasteiger partial charge in [-0.1, -0.05) is 29.5 Å². The Morgan fingerprint density at radius 3 is 2.96 bits per heavy atom. The van der Waals surface area contributed by atoms with E-state index in [1.54, 1.807) is 12.1 Å². The van der Waals surface area contributed by atoms with Gasteiger partial charge in [0.15, 0.2) is 5.13 Å². The number of hydrogen-bond donors (Lipinski definition) is 1. The topological polar surface area (TPSA) is 87.9 Å². The number of halogens is 2. The Kier molecular flexibility index (Phi) is 5.19. The molecule has 1 aromatic carbocycles. The van der Waals surface area contributed by atoms with Gasteiger partial charge in [-0.2, -0.15) is 9.65 Å². The number of fused-ring (bicyclic) bond motifs is 1. The molecule has 1 aliphatic heterocycles. The number of nitrogens with two attached hydrogens (primary N) is 1. The first kappa shape index (κ1) is 19.1. The van der Waals surface area contributed by atoms with Crippen molar-refractivity contribution < 1.29 is 4.39 Å². The lowest BCUT2D eigenvalue weighted by atomic mass is 10.1. The number of hydrogen-bond acceptors (Lipinski definition) is 6. The van der Waals surface area contributed by atoms with Gasteiger partial charge in [-0.25, -0.2) is 4.98 Å². The second kappa shape index (κ2) is 7.62. The lowest BCUT2D eigenvalue weighted by Crippen LogP contribution is -2.45. The summed E-state index contributed by atoms with van der Waals surface area (Å²) >= 11 is 3.99. The molecule has 0 bridgehead atoms. The largest absolute Gasteiger partial charge is 0.341 e. The average molecular weight is 462 g/mol. The standard InChI is InChI=1S/C19H17BrFN5OS/c20-14-15-16(28-17(14)21)18(27)26(9-12-5-2-1-4-11(12)8-22)19(24-15)25-7-3-6-13(23)10-25/h1-2,4-5,13H,3,6-7,9-10,23H2/t13-/m1/s1. The summed E-state index contributed by atoms with van der Waals surface area (Å²) in [5.41, 5.74) is 7.35. The van der Waals surface area contributed by atoms with Crippen molar-refractivity contribution in [2.45, 2.75) is 25.4 Å². The number of benzene rings is 1. The summed E-state index contributed by atoms with van der Waals surface area (Å²) in [6.45, 7) is 1.47. The molecule has 0 aliphatic carbocycles. The van der Waals surface area contributed by atoms with Crippen molar-refractivity contribution in [1.29, 1.82) is 5.26 Å². The van der Waals surface area contributed by atoms with Crippen LogP contribution in [0.5, 0.6) is 0 Å². The van der Waals surface area contributed by atoms with Gasteiger partial charge in [0.05, 0.1) is 22.7 Å². The Morgan fingerprint density at radius 1 is 1.43 bits per heavy atom. The van der Waals surface area contributed by atoms with Gasteiger partial charge in [0.2, 0.25) is 5.95 Å². The Balaban J connectivity index is 1.92. The van der Waals surface area contributed by atoms with E-state index in [0.29, 0.717) is 29.1 Å². The number of nitriles is 1. The number of anilines is 1. The van der Waals surface area contributed by atoms with Crippen LogP contribution in [0.3, 0.4) is 0 Å². The average Bonchev–Trinajstić information content (AvgIpc) is 2.99. The fourth-order valence-corrected chi connectivity index (χ4v) is 4.98. The zero-order valence-electron chi connectivity index (χ0n) is 14.9. The molecule has 6 nitrogen and oxygen atoms in total. The molecule has 3 aromatic rings. The van der Waals surface area contributed by atoms with Crippen LogP contribution < -0.4 is 16.2 Å². The number of rotatable bonds is 3. The molecule has 0 saturated carbocycles. The molecule has 4 rings (SSSR count). The number of aromatic nitrogens is 2. The predicted octanol–water partition coefficient (Wildman–Crippen LogP) is 3.21. The van der Waals surface area contributed by atoms with Gasteiger partial charge in [0.25, 0.3) is 5.56 Å². The highest BCUT2D eigenvalue weighted by atomic mass is 79.9. The molecular formula is C19H17BrFN5OS. The lowest BCUT2D eigenvalue weighted by Gasteiger charge is -2.33. The Bertz CT molecular complexity index is 1150. The zero-order chi connectivity index (χ0) is 19.8. The lowest BCUT2D eigenvalue weighted by molar-refractivity contribution is 0.492. The van der Waals surface area contributed by atoms with E-state index < -0.39 is 5.13 Å². The molecule has 1 saturated heterocycles. The van der Waals surface area contributed by atoms with Crippen molar-refractivity contribution in [2.24, 2.45) is 5.73 Å².